The Morgan fingerprint density at radius 1 is 1.02 bits per heavy atom. The van der Waals surface area contributed by atoms with Crippen molar-refractivity contribution < 1.29 is 44.1 Å². The molecule has 0 heterocycles. The molecule has 220 valence electrons. The highest BCUT2D eigenvalue weighted by Crippen LogP contribution is 2.54. The van der Waals surface area contributed by atoms with E-state index in [2.05, 4.69) is 5.32 Å². The number of primary amides is 1. The zero-order valence-electron chi connectivity index (χ0n) is 23.1. The van der Waals surface area contributed by atoms with Crippen molar-refractivity contribution in [1.29, 1.82) is 0 Å². The van der Waals surface area contributed by atoms with Crippen LogP contribution in [0.25, 0.3) is 0 Å². The van der Waals surface area contributed by atoms with E-state index in [1.807, 2.05) is 0 Å². The summed E-state index contributed by atoms with van der Waals surface area (Å²) in [5.74, 6) is -14.4. The number of benzene rings is 2. The zero-order valence-corrected chi connectivity index (χ0v) is 23.1. The number of aromatic hydroxyl groups is 1. The number of aliphatic hydroxyl groups is 2. The van der Waals surface area contributed by atoms with Crippen LogP contribution in [0.4, 0.5) is 0 Å². The van der Waals surface area contributed by atoms with Gasteiger partial charge in [0.25, 0.3) is 5.91 Å². The van der Waals surface area contributed by atoms with Crippen molar-refractivity contribution in [3.8, 4) is 5.75 Å². The number of rotatable bonds is 5. The standard InChI is InChI=1S/C30H31N3O9/c1-12-15-10-9-14(11-32-29(41)13-7-5-4-6-8-13)22(34)17(15)23(35)18-16(12)24(36)20-21(33(2)3)25(37)19(28(31)40)27(39)30(20,42)26(18)38/h4-10,12,16,18-21,24,34,36,42H,11H2,1-3H3,(H2,31,40)(H,32,41)/t12-,16+,18?,19?,20+,21-,24-,30-/m1/s1. The highest BCUT2D eigenvalue weighted by atomic mass is 16.3. The molecule has 42 heavy (non-hydrogen) atoms. The largest absolute Gasteiger partial charge is 0.507 e. The molecule has 0 bridgehead atoms. The Morgan fingerprint density at radius 3 is 2.26 bits per heavy atom. The first-order chi connectivity index (χ1) is 19.7. The van der Waals surface area contributed by atoms with E-state index in [9.17, 15) is 44.1 Å². The van der Waals surface area contributed by atoms with Crippen LogP contribution in [-0.2, 0) is 25.7 Å². The molecule has 0 aromatic heterocycles. The second-order valence-electron chi connectivity index (χ2n) is 11.5. The van der Waals surface area contributed by atoms with Crippen molar-refractivity contribution in [3.63, 3.8) is 0 Å². The number of fused-ring (bicyclic) bond motifs is 3. The summed E-state index contributed by atoms with van der Waals surface area (Å²) in [7, 11) is 2.86. The number of likely N-dealkylation sites (N-methyl/N-ethyl adjacent to an activating group) is 1. The molecule has 2 fully saturated rings. The number of phenolic OH excluding ortho intramolecular Hbond substituents is 1. The van der Waals surface area contributed by atoms with Gasteiger partial charge in [0.2, 0.25) is 5.91 Å². The summed E-state index contributed by atoms with van der Waals surface area (Å²) in [5, 5.41) is 37.2. The number of carbonyl (C=O) groups excluding carboxylic acids is 6. The summed E-state index contributed by atoms with van der Waals surface area (Å²) >= 11 is 0. The molecule has 2 aromatic carbocycles. The van der Waals surface area contributed by atoms with Crippen LogP contribution in [-0.4, -0.2) is 87.0 Å². The Hall–Kier alpha value is -4.26. The number of nitrogens with one attached hydrogen (secondary N) is 1. The minimum atomic E-state index is -3.06. The second kappa shape index (κ2) is 10.2. The molecular weight excluding hydrogens is 546 g/mol. The van der Waals surface area contributed by atoms with Gasteiger partial charge in [-0.25, -0.2) is 0 Å². The van der Waals surface area contributed by atoms with Crippen LogP contribution in [0.1, 0.15) is 44.7 Å². The molecule has 0 radical (unpaired) electrons. The van der Waals surface area contributed by atoms with Gasteiger partial charge in [-0.1, -0.05) is 37.3 Å². The third-order valence-corrected chi connectivity index (χ3v) is 9.05. The summed E-state index contributed by atoms with van der Waals surface area (Å²) < 4.78 is 0. The Morgan fingerprint density at radius 2 is 1.67 bits per heavy atom. The fraction of sp³-hybridized carbons (Fsp3) is 0.400. The summed E-state index contributed by atoms with van der Waals surface area (Å²) in [4.78, 5) is 80.6. The third-order valence-electron chi connectivity index (χ3n) is 9.05. The summed E-state index contributed by atoms with van der Waals surface area (Å²) in [6, 6.07) is 9.98. The van der Waals surface area contributed by atoms with Crippen LogP contribution >= 0.6 is 0 Å². The number of nitrogens with two attached hydrogens (primary N) is 1. The minimum absolute atomic E-state index is 0.156. The molecule has 2 saturated carbocycles. The maximum absolute atomic E-state index is 14.0. The molecule has 2 amide bonds. The molecule has 0 spiro atoms. The van der Waals surface area contributed by atoms with Crippen molar-refractivity contribution in [3.05, 3.63) is 64.7 Å². The molecule has 2 unspecified atom stereocenters. The number of phenols is 1. The first kappa shape index (κ1) is 29.2. The van der Waals surface area contributed by atoms with Gasteiger partial charge in [0.1, 0.15) is 5.75 Å². The third kappa shape index (κ3) is 4.01. The minimum Gasteiger partial charge on any atom is -0.507 e. The Balaban J connectivity index is 1.56. The van der Waals surface area contributed by atoms with Crippen molar-refractivity contribution in [2.24, 2.45) is 29.4 Å². The number of carbonyl (C=O) groups is 6. The quantitative estimate of drug-likeness (QED) is 0.283. The maximum Gasteiger partial charge on any atom is 0.251 e. The lowest BCUT2D eigenvalue weighted by Crippen LogP contribution is -2.77. The van der Waals surface area contributed by atoms with Gasteiger partial charge < -0.3 is 26.4 Å². The van der Waals surface area contributed by atoms with Crippen molar-refractivity contribution in [2.75, 3.05) is 14.1 Å². The van der Waals surface area contributed by atoms with Crippen LogP contribution in [0.2, 0.25) is 0 Å². The number of aliphatic hydroxyl groups excluding tert-OH is 1. The molecule has 5 rings (SSSR count). The normalized spacial score (nSPS) is 32.2. The van der Waals surface area contributed by atoms with Crippen LogP contribution < -0.4 is 11.1 Å². The lowest BCUT2D eigenvalue weighted by Gasteiger charge is -2.56. The van der Waals surface area contributed by atoms with Gasteiger partial charge in [-0.15, -0.1) is 0 Å². The Labute approximate surface area is 240 Å². The highest BCUT2D eigenvalue weighted by Gasteiger charge is 2.72. The van der Waals surface area contributed by atoms with E-state index in [1.54, 1.807) is 43.3 Å². The lowest BCUT2D eigenvalue weighted by molar-refractivity contribution is -0.196. The molecular formula is C30H31N3O9. The van der Waals surface area contributed by atoms with Crippen LogP contribution in [0.5, 0.6) is 5.75 Å². The van der Waals surface area contributed by atoms with Gasteiger partial charge in [0.15, 0.2) is 34.7 Å². The Bertz CT molecular complexity index is 1540. The van der Waals surface area contributed by atoms with Crippen LogP contribution in [0, 0.1) is 23.7 Å². The van der Waals surface area contributed by atoms with Gasteiger partial charge in [-0.3, -0.25) is 33.7 Å². The number of Topliss-reactive ketones (excluding diaryl/α,β-unsaturated/α-hetero) is 4. The number of hydrogen-bond donors (Lipinski definition) is 5. The summed E-state index contributed by atoms with van der Waals surface area (Å²) in [6.45, 7) is 1.47. The van der Waals surface area contributed by atoms with Crippen molar-refractivity contribution >= 4 is 34.9 Å². The van der Waals surface area contributed by atoms with Gasteiger partial charge in [-0.05, 0) is 37.7 Å². The van der Waals surface area contributed by atoms with E-state index in [0.717, 1.165) is 0 Å². The molecule has 3 aliphatic rings. The molecule has 3 aliphatic carbocycles. The van der Waals surface area contributed by atoms with E-state index in [0.29, 0.717) is 11.1 Å². The van der Waals surface area contributed by atoms with E-state index in [1.165, 1.54) is 25.1 Å². The smallest absolute Gasteiger partial charge is 0.251 e. The number of ketones is 4. The lowest BCUT2D eigenvalue weighted by atomic mass is 9.49. The van der Waals surface area contributed by atoms with Gasteiger partial charge in [0.05, 0.1) is 29.5 Å². The average molecular weight is 578 g/mol. The van der Waals surface area contributed by atoms with Crippen molar-refractivity contribution in [1.82, 2.24) is 10.2 Å². The molecule has 12 nitrogen and oxygen atoms in total. The zero-order chi connectivity index (χ0) is 30.8. The first-order valence-corrected chi connectivity index (χ1v) is 13.5. The van der Waals surface area contributed by atoms with E-state index in [4.69, 9.17) is 5.73 Å². The molecule has 12 heteroatoms. The number of hydrogen-bond acceptors (Lipinski definition) is 10. The second-order valence-corrected chi connectivity index (χ2v) is 11.5. The van der Waals surface area contributed by atoms with Gasteiger partial charge in [0, 0.05) is 23.6 Å². The number of amides is 2. The molecule has 6 N–H and O–H groups in total. The number of nitrogens with zero attached hydrogens (tertiary/aromatic N) is 1. The highest BCUT2D eigenvalue weighted by molar-refractivity contribution is 6.32. The van der Waals surface area contributed by atoms with Gasteiger partial charge in [-0.2, -0.15) is 0 Å². The van der Waals surface area contributed by atoms with E-state index < -0.39 is 88.0 Å². The van der Waals surface area contributed by atoms with E-state index >= 15 is 0 Å². The SMILES string of the molecule is C[C@@H]1c2ccc(CNC(=O)c3ccccc3)c(O)c2C(=O)C2C(=O)[C@@]3(O)C(=O)C(C(N)=O)C(=O)[C@H](N(C)C)[C@H]3[C@H](O)[C@H]21. The van der Waals surface area contributed by atoms with E-state index in [-0.39, 0.29) is 17.7 Å². The predicted octanol–water partition coefficient (Wildman–Crippen LogP) is -0.671. The molecule has 2 aromatic rings. The van der Waals surface area contributed by atoms with Crippen LogP contribution in [0.3, 0.4) is 0 Å². The van der Waals surface area contributed by atoms with Crippen LogP contribution in [0.15, 0.2) is 42.5 Å². The molecule has 8 atom stereocenters. The Kier molecular flexibility index (Phi) is 7.12. The van der Waals surface area contributed by atoms with Gasteiger partial charge >= 0.3 is 0 Å². The molecule has 0 saturated heterocycles. The molecule has 0 aliphatic heterocycles. The summed E-state index contributed by atoms with van der Waals surface area (Å²) in [5.41, 5.74) is 2.91. The maximum atomic E-state index is 14.0. The monoisotopic (exact) mass is 577 g/mol. The average Bonchev–Trinajstić information content (AvgIpc) is 2.94. The topological polar surface area (TPSA) is 204 Å². The fourth-order valence-corrected chi connectivity index (χ4v) is 7.04. The van der Waals surface area contributed by atoms with Crippen molar-refractivity contribution in [2.45, 2.75) is 37.1 Å². The summed E-state index contributed by atoms with van der Waals surface area (Å²) in [6.07, 6.45) is -1.70. The fourth-order valence-electron chi connectivity index (χ4n) is 7.04. The predicted molar refractivity (Wildman–Crippen MR) is 145 cm³/mol. The first-order valence-electron chi connectivity index (χ1n) is 13.5.